The van der Waals surface area contributed by atoms with E-state index in [1.807, 2.05) is 6.92 Å². The summed E-state index contributed by atoms with van der Waals surface area (Å²) >= 11 is 12.1. The second-order valence-corrected chi connectivity index (χ2v) is 5.76. The van der Waals surface area contributed by atoms with E-state index in [4.69, 9.17) is 33.0 Å². The summed E-state index contributed by atoms with van der Waals surface area (Å²) in [5.74, 6) is -1.55. The van der Waals surface area contributed by atoms with Crippen LogP contribution in [-0.4, -0.2) is 41.1 Å². The van der Waals surface area contributed by atoms with Crippen LogP contribution >= 0.6 is 23.2 Å². The maximum Gasteiger partial charge on any atom is 0.341 e. The molecule has 1 aromatic rings. The van der Waals surface area contributed by atoms with E-state index in [0.29, 0.717) is 18.5 Å². The Morgan fingerprint density at radius 1 is 1.33 bits per heavy atom. The van der Waals surface area contributed by atoms with E-state index in [-0.39, 0.29) is 21.5 Å². The fraction of sp³-hybridized carbons (Fsp3) is 0.267. The molecule has 0 aliphatic carbocycles. The predicted octanol–water partition coefficient (Wildman–Crippen LogP) is 2.76. The van der Waals surface area contributed by atoms with Crippen molar-refractivity contribution in [1.82, 2.24) is 10.2 Å². The van der Waals surface area contributed by atoms with Crippen molar-refractivity contribution in [2.75, 3.05) is 13.2 Å². The molecule has 2 N–H and O–H groups in total. The van der Waals surface area contributed by atoms with E-state index < -0.39 is 24.5 Å². The zero-order valence-corrected chi connectivity index (χ0v) is 14.1. The minimum absolute atomic E-state index is 0.0391. The number of benzene rings is 1. The number of aliphatic carboxylic acids is 1. The third kappa shape index (κ3) is 3.98. The van der Waals surface area contributed by atoms with Gasteiger partial charge in [-0.05, 0) is 30.2 Å². The minimum Gasteiger partial charge on any atom is -0.479 e. The van der Waals surface area contributed by atoms with Crippen molar-refractivity contribution in [3.63, 3.8) is 0 Å². The number of halogens is 2. The number of hydrogen-bond acceptors (Lipinski definition) is 4. The van der Waals surface area contributed by atoms with E-state index in [2.05, 4.69) is 5.32 Å². The van der Waals surface area contributed by atoms with Gasteiger partial charge >= 0.3 is 12.0 Å². The summed E-state index contributed by atoms with van der Waals surface area (Å²) in [5.41, 5.74) is 0.578. The maximum absolute atomic E-state index is 12.1. The molecule has 3 amide bonds. The van der Waals surface area contributed by atoms with E-state index >= 15 is 0 Å². The summed E-state index contributed by atoms with van der Waals surface area (Å²) in [6.07, 6.45) is 2.09. The molecule has 1 fully saturated rings. The van der Waals surface area contributed by atoms with Crippen molar-refractivity contribution in [2.45, 2.75) is 13.3 Å². The number of nitrogens with one attached hydrogen (secondary N) is 1. The number of amides is 3. The van der Waals surface area contributed by atoms with Crippen molar-refractivity contribution >= 4 is 47.2 Å². The first kappa shape index (κ1) is 18.1. The van der Waals surface area contributed by atoms with Crippen LogP contribution in [0.3, 0.4) is 0 Å². The molecule has 1 aromatic carbocycles. The zero-order chi connectivity index (χ0) is 17.9. The Hall–Kier alpha value is -2.25. The average Bonchev–Trinajstić information content (AvgIpc) is 2.74. The predicted molar refractivity (Wildman–Crippen MR) is 88.1 cm³/mol. The SMILES string of the molecule is CCCN1C(=O)N/C(=C/c2cc(Cl)c(OCC(=O)O)c(Cl)c2)C1=O. The first-order valence-corrected chi connectivity index (χ1v) is 7.77. The number of rotatable bonds is 6. The van der Waals surface area contributed by atoms with Gasteiger partial charge in [-0.2, -0.15) is 0 Å². The Morgan fingerprint density at radius 3 is 2.50 bits per heavy atom. The molecule has 0 aromatic heterocycles. The quantitative estimate of drug-likeness (QED) is 0.591. The number of carboxylic acids is 1. The lowest BCUT2D eigenvalue weighted by Crippen LogP contribution is -2.31. The van der Waals surface area contributed by atoms with Gasteiger partial charge in [-0.1, -0.05) is 30.1 Å². The monoisotopic (exact) mass is 372 g/mol. The summed E-state index contributed by atoms with van der Waals surface area (Å²) in [7, 11) is 0. The van der Waals surface area contributed by atoms with Crippen molar-refractivity contribution in [3.8, 4) is 5.75 Å². The van der Waals surface area contributed by atoms with Crippen LogP contribution in [-0.2, 0) is 9.59 Å². The summed E-state index contributed by atoms with van der Waals surface area (Å²) in [6, 6.07) is 2.44. The molecule has 1 heterocycles. The molecule has 1 aliphatic rings. The van der Waals surface area contributed by atoms with Crippen molar-refractivity contribution in [2.24, 2.45) is 0 Å². The first-order valence-electron chi connectivity index (χ1n) is 7.01. The molecule has 9 heteroatoms. The lowest BCUT2D eigenvalue weighted by molar-refractivity contribution is -0.139. The molecule has 1 aliphatic heterocycles. The smallest absolute Gasteiger partial charge is 0.341 e. The van der Waals surface area contributed by atoms with Crippen molar-refractivity contribution in [1.29, 1.82) is 0 Å². The van der Waals surface area contributed by atoms with Gasteiger partial charge < -0.3 is 15.2 Å². The number of carbonyl (C=O) groups is 3. The second kappa shape index (κ2) is 7.55. The van der Waals surface area contributed by atoms with Gasteiger partial charge in [0, 0.05) is 6.54 Å². The van der Waals surface area contributed by atoms with E-state index in [0.717, 1.165) is 4.90 Å². The Morgan fingerprint density at radius 2 is 1.96 bits per heavy atom. The highest BCUT2D eigenvalue weighted by molar-refractivity contribution is 6.37. The number of urea groups is 1. The van der Waals surface area contributed by atoms with Crippen molar-refractivity contribution < 1.29 is 24.2 Å². The third-order valence-electron chi connectivity index (χ3n) is 3.08. The first-order chi connectivity index (χ1) is 11.3. The summed E-state index contributed by atoms with van der Waals surface area (Å²) in [5, 5.41) is 11.3. The van der Waals surface area contributed by atoms with Gasteiger partial charge in [0.05, 0.1) is 10.0 Å². The molecular weight excluding hydrogens is 359 g/mol. The molecule has 0 unspecified atom stereocenters. The van der Waals surface area contributed by atoms with Crippen LogP contribution in [0.1, 0.15) is 18.9 Å². The molecule has 2 rings (SSSR count). The zero-order valence-electron chi connectivity index (χ0n) is 12.6. The fourth-order valence-electron chi connectivity index (χ4n) is 2.10. The molecule has 1 saturated heterocycles. The lowest BCUT2D eigenvalue weighted by Gasteiger charge is -2.09. The van der Waals surface area contributed by atoms with Crippen LogP contribution in [0, 0.1) is 0 Å². The molecule has 7 nitrogen and oxygen atoms in total. The average molecular weight is 373 g/mol. The van der Waals surface area contributed by atoms with E-state index in [9.17, 15) is 14.4 Å². The summed E-state index contributed by atoms with van der Waals surface area (Å²) in [4.78, 5) is 35.5. The molecule has 128 valence electrons. The van der Waals surface area contributed by atoms with Crippen LogP contribution in [0.15, 0.2) is 17.8 Å². The molecule has 0 atom stereocenters. The molecule has 0 bridgehead atoms. The Labute approximate surface area is 147 Å². The van der Waals surface area contributed by atoms with Gasteiger partial charge in [0.15, 0.2) is 12.4 Å². The Bertz CT molecular complexity index is 710. The van der Waals surface area contributed by atoms with Gasteiger partial charge in [-0.25, -0.2) is 9.59 Å². The topological polar surface area (TPSA) is 95.9 Å². The highest BCUT2D eigenvalue weighted by Gasteiger charge is 2.32. The summed E-state index contributed by atoms with van der Waals surface area (Å²) < 4.78 is 5.01. The van der Waals surface area contributed by atoms with E-state index in [1.54, 1.807) is 0 Å². The van der Waals surface area contributed by atoms with Gasteiger partial charge in [0.1, 0.15) is 5.70 Å². The maximum atomic E-state index is 12.1. The number of carbonyl (C=O) groups excluding carboxylic acids is 2. The van der Waals surface area contributed by atoms with Gasteiger partial charge in [-0.15, -0.1) is 0 Å². The highest BCUT2D eigenvalue weighted by atomic mass is 35.5. The van der Waals surface area contributed by atoms with Gasteiger partial charge in [0.2, 0.25) is 0 Å². The number of hydrogen-bond donors (Lipinski definition) is 2. The largest absolute Gasteiger partial charge is 0.479 e. The van der Waals surface area contributed by atoms with Crippen LogP contribution in [0.5, 0.6) is 5.75 Å². The highest BCUT2D eigenvalue weighted by Crippen LogP contribution is 2.35. The lowest BCUT2D eigenvalue weighted by atomic mass is 10.1. The van der Waals surface area contributed by atoms with Crippen LogP contribution < -0.4 is 10.1 Å². The Balaban J connectivity index is 2.26. The number of ether oxygens (including phenoxy) is 1. The molecule has 0 saturated carbocycles. The molecule has 0 spiro atoms. The Kier molecular flexibility index (Phi) is 5.69. The van der Waals surface area contributed by atoms with Gasteiger partial charge in [0.25, 0.3) is 5.91 Å². The van der Waals surface area contributed by atoms with Crippen molar-refractivity contribution in [3.05, 3.63) is 33.4 Å². The standard InChI is InChI=1S/C15H14Cl2N2O5/c1-2-3-19-14(22)11(18-15(19)23)6-8-4-9(16)13(10(17)5-8)24-7-12(20)21/h4-6H,2-3,7H2,1H3,(H,18,23)(H,20,21)/b11-6+. The minimum atomic E-state index is -1.16. The van der Waals surface area contributed by atoms with Crippen LogP contribution in [0.2, 0.25) is 10.0 Å². The van der Waals surface area contributed by atoms with Crippen LogP contribution in [0.25, 0.3) is 6.08 Å². The van der Waals surface area contributed by atoms with E-state index in [1.165, 1.54) is 18.2 Å². The van der Waals surface area contributed by atoms with Gasteiger partial charge in [-0.3, -0.25) is 9.69 Å². The number of imide groups is 1. The normalized spacial score (nSPS) is 15.8. The molecule has 24 heavy (non-hydrogen) atoms. The number of nitrogens with zero attached hydrogens (tertiary/aromatic N) is 1. The summed E-state index contributed by atoms with van der Waals surface area (Å²) in [6.45, 7) is 1.60. The van der Waals surface area contributed by atoms with Crippen LogP contribution in [0.4, 0.5) is 4.79 Å². The fourth-order valence-corrected chi connectivity index (χ4v) is 2.71. The molecule has 0 radical (unpaired) electrons. The third-order valence-corrected chi connectivity index (χ3v) is 3.64. The second-order valence-electron chi connectivity index (χ2n) is 4.94. The number of carboxylic acid groups (broad SMARTS) is 1. The molecular formula is C15H14Cl2N2O5.